The number of nitrogens with zero attached hydrogens (tertiary/aromatic N) is 6. The summed E-state index contributed by atoms with van der Waals surface area (Å²) < 4.78 is 15.5. The van der Waals surface area contributed by atoms with E-state index < -0.39 is 0 Å². The summed E-state index contributed by atoms with van der Waals surface area (Å²) in [6.07, 6.45) is 1.65. The van der Waals surface area contributed by atoms with Gasteiger partial charge in [-0.25, -0.2) is 19.2 Å². The maximum atomic E-state index is 13.9. The number of H-pyrrole nitrogens is 1. The zero-order chi connectivity index (χ0) is 16.5. The van der Waals surface area contributed by atoms with Crippen LogP contribution in [-0.4, -0.2) is 29.9 Å². The highest BCUT2D eigenvalue weighted by Crippen LogP contribution is 2.25. The molecule has 1 N–H and O–H groups in total. The molecule has 0 spiro atoms. The Bertz CT molecular complexity index is 1070. The Morgan fingerprint density at radius 2 is 2.08 bits per heavy atom. The number of hydrogen-bond donors (Lipinski definition) is 1. The topological polar surface area (TPSA) is 76.6 Å². The van der Waals surface area contributed by atoms with E-state index in [9.17, 15) is 4.39 Å². The molecular weight excluding hydrogens is 309 g/mol. The lowest BCUT2D eigenvalue weighted by molar-refractivity contribution is 0.589. The van der Waals surface area contributed by atoms with Crippen molar-refractivity contribution in [3.05, 3.63) is 65.4 Å². The van der Waals surface area contributed by atoms with E-state index in [-0.39, 0.29) is 18.3 Å². The number of nitrogens with one attached hydrogen (secondary N) is 1. The lowest BCUT2D eigenvalue weighted by Gasteiger charge is -2.04. The van der Waals surface area contributed by atoms with Gasteiger partial charge in [0.15, 0.2) is 11.3 Å². The summed E-state index contributed by atoms with van der Waals surface area (Å²) in [6.45, 7) is 7.21. The molecule has 0 bridgehead atoms. The lowest BCUT2D eigenvalue weighted by atomic mass is 10.2. The van der Waals surface area contributed by atoms with Crippen LogP contribution in [0.1, 0.15) is 5.56 Å². The highest BCUT2D eigenvalue weighted by atomic mass is 19.1. The predicted molar refractivity (Wildman–Crippen MR) is 84.7 cm³/mol. The van der Waals surface area contributed by atoms with Crippen LogP contribution in [0.5, 0.6) is 0 Å². The molecule has 0 saturated heterocycles. The molecule has 0 aliphatic heterocycles. The molecule has 0 unspecified atom stereocenters. The van der Waals surface area contributed by atoms with Gasteiger partial charge in [-0.3, -0.25) is 0 Å². The molecule has 0 saturated carbocycles. The largest absolute Gasteiger partial charge is 0.395 e. The Morgan fingerprint density at radius 3 is 2.88 bits per heavy atom. The van der Waals surface area contributed by atoms with Gasteiger partial charge < -0.3 is 4.85 Å². The molecular formula is C16H10FN7. The number of aromatic amines is 1. The molecule has 0 fully saturated rings. The predicted octanol–water partition coefficient (Wildman–Crippen LogP) is 2.95. The summed E-state index contributed by atoms with van der Waals surface area (Å²) in [6, 6.07) is 10.2. The maximum Gasteiger partial charge on any atom is 0.357 e. The summed E-state index contributed by atoms with van der Waals surface area (Å²) in [5.74, 6) is 0.101. The Labute approximate surface area is 135 Å². The number of fused-ring (bicyclic) bond motifs is 1. The zero-order valence-electron chi connectivity index (χ0n) is 12.3. The van der Waals surface area contributed by atoms with Gasteiger partial charge >= 0.3 is 5.95 Å². The first kappa shape index (κ1) is 14.0. The SMILES string of the molecule is [C-]#[N+]c1nc(-c2nn(Cc3ccccc3F)c3ncccc23)n[nH]1. The summed E-state index contributed by atoms with van der Waals surface area (Å²) >= 11 is 0. The minimum atomic E-state index is -0.299. The van der Waals surface area contributed by atoms with E-state index in [0.717, 1.165) is 5.39 Å². The summed E-state index contributed by atoms with van der Waals surface area (Å²) in [5.41, 5.74) is 1.61. The second-order valence-electron chi connectivity index (χ2n) is 5.07. The van der Waals surface area contributed by atoms with Gasteiger partial charge in [-0.1, -0.05) is 23.3 Å². The Morgan fingerprint density at radius 1 is 1.21 bits per heavy atom. The lowest BCUT2D eigenvalue weighted by Crippen LogP contribution is -2.04. The summed E-state index contributed by atoms with van der Waals surface area (Å²) in [7, 11) is 0. The average molecular weight is 319 g/mol. The van der Waals surface area contributed by atoms with Crippen molar-refractivity contribution in [1.29, 1.82) is 0 Å². The van der Waals surface area contributed by atoms with Gasteiger partial charge in [-0.15, -0.1) is 11.6 Å². The minimum absolute atomic E-state index is 0.0886. The van der Waals surface area contributed by atoms with Crippen molar-refractivity contribution < 1.29 is 4.39 Å². The average Bonchev–Trinajstić information content (AvgIpc) is 3.22. The van der Waals surface area contributed by atoms with Gasteiger partial charge in [0.1, 0.15) is 5.82 Å². The van der Waals surface area contributed by atoms with Crippen LogP contribution in [0.4, 0.5) is 10.3 Å². The van der Waals surface area contributed by atoms with Crippen LogP contribution >= 0.6 is 0 Å². The number of aromatic nitrogens is 6. The number of rotatable bonds is 3. The highest BCUT2D eigenvalue weighted by Gasteiger charge is 2.19. The monoisotopic (exact) mass is 319 g/mol. The molecule has 4 rings (SSSR count). The van der Waals surface area contributed by atoms with E-state index in [0.29, 0.717) is 22.7 Å². The minimum Gasteiger partial charge on any atom is -0.395 e. The van der Waals surface area contributed by atoms with Crippen LogP contribution in [0.25, 0.3) is 27.4 Å². The quantitative estimate of drug-likeness (QED) is 0.589. The zero-order valence-corrected chi connectivity index (χ0v) is 12.3. The molecule has 0 amide bonds. The molecule has 0 aliphatic rings. The van der Waals surface area contributed by atoms with E-state index in [2.05, 4.69) is 30.1 Å². The molecule has 116 valence electrons. The second-order valence-corrected chi connectivity index (χ2v) is 5.07. The van der Waals surface area contributed by atoms with E-state index >= 15 is 0 Å². The van der Waals surface area contributed by atoms with Crippen LogP contribution in [0.15, 0.2) is 42.6 Å². The number of pyridine rings is 1. The van der Waals surface area contributed by atoms with Gasteiger partial charge in [0.2, 0.25) is 0 Å². The molecule has 1 aromatic carbocycles. The molecule has 7 nitrogen and oxygen atoms in total. The Hall–Kier alpha value is -3.60. The fourth-order valence-electron chi connectivity index (χ4n) is 2.48. The van der Waals surface area contributed by atoms with Crippen molar-refractivity contribution in [2.24, 2.45) is 0 Å². The van der Waals surface area contributed by atoms with Crippen molar-refractivity contribution in [2.45, 2.75) is 6.54 Å². The van der Waals surface area contributed by atoms with Crippen LogP contribution in [0.2, 0.25) is 0 Å². The second kappa shape index (κ2) is 5.55. The van der Waals surface area contributed by atoms with E-state index in [1.165, 1.54) is 6.07 Å². The Kier molecular flexibility index (Phi) is 3.24. The molecule has 3 aromatic heterocycles. The third-order valence-corrected chi connectivity index (χ3v) is 3.58. The first-order chi connectivity index (χ1) is 11.8. The van der Waals surface area contributed by atoms with Crippen LogP contribution < -0.4 is 0 Å². The molecule has 0 aliphatic carbocycles. The van der Waals surface area contributed by atoms with E-state index in [1.807, 2.05) is 6.07 Å². The number of benzene rings is 1. The smallest absolute Gasteiger partial charge is 0.357 e. The standard InChI is InChI=1S/C16H10FN7/c1-18-16-20-14(21-22-16)13-11-6-4-8-19-15(11)24(23-13)9-10-5-2-3-7-12(10)17/h2-8H,9H2,(H,20,21,22). The molecule has 0 radical (unpaired) electrons. The van der Waals surface area contributed by atoms with Crippen molar-refractivity contribution in [3.8, 4) is 11.5 Å². The molecule has 8 heteroatoms. The van der Waals surface area contributed by atoms with Gasteiger partial charge in [-0.05, 0) is 18.2 Å². The van der Waals surface area contributed by atoms with Crippen LogP contribution in [0.3, 0.4) is 0 Å². The Balaban J connectivity index is 1.85. The van der Waals surface area contributed by atoms with E-state index in [4.69, 9.17) is 6.57 Å². The first-order valence-corrected chi connectivity index (χ1v) is 7.11. The maximum absolute atomic E-state index is 13.9. The highest BCUT2D eigenvalue weighted by molar-refractivity contribution is 5.89. The van der Waals surface area contributed by atoms with Gasteiger partial charge in [0, 0.05) is 11.8 Å². The third-order valence-electron chi connectivity index (χ3n) is 3.58. The first-order valence-electron chi connectivity index (χ1n) is 7.11. The van der Waals surface area contributed by atoms with E-state index in [1.54, 1.807) is 35.1 Å². The fraction of sp³-hybridized carbons (Fsp3) is 0.0625. The van der Waals surface area contributed by atoms with Crippen molar-refractivity contribution in [2.75, 3.05) is 0 Å². The molecule has 4 aromatic rings. The molecule has 3 heterocycles. The number of hydrogen-bond acceptors (Lipinski definition) is 4. The molecule has 24 heavy (non-hydrogen) atoms. The van der Waals surface area contributed by atoms with Crippen molar-refractivity contribution in [1.82, 2.24) is 29.9 Å². The number of halogens is 1. The van der Waals surface area contributed by atoms with Crippen LogP contribution in [-0.2, 0) is 6.54 Å². The third kappa shape index (κ3) is 2.28. The van der Waals surface area contributed by atoms with Gasteiger partial charge in [0.05, 0.1) is 11.9 Å². The fourth-order valence-corrected chi connectivity index (χ4v) is 2.48. The van der Waals surface area contributed by atoms with Gasteiger partial charge in [0.25, 0.3) is 5.82 Å². The normalized spacial score (nSPS) is 10.8. The summed E-state index contributed by atoms with van der Waals surface area (Å²) in [4.78, 5) is 11.6. The van der Waals surface area contributed by atoms with Gasteiger partial charge in [-0.2, -0.15) is 5.10 Å². The van der Waals surface area contributed by atoms with Crippen LogP contribution in [0, 0.1) is 12.4 Å². The van der Waals surface area contributed by atoms with Crippen molar-refractivity contribution >= 4 is 17.0 Å². The summed E-state index contributed by atoms with van der Waals surface area (Å²) in [5, 5.41) is 11.8. The molecule has 0 atom stereocenters. The van der Waals surface area contributed by atoms with Crippen molar-refractivity contribution in [3.63, 3.8) is 0 Å².